The van der Waals surface area contributed by atoms with Gasteiger partial charge in [0.2, 0.25) is 0 Å². The maximum atomic E-state index is 11.0. The SMILES string of the molecule is COC1(C(N)CCS(C)(=O)=O)CCC1. The van der Waals surface area contributed by atoms with Gasteiger partial charge in [0.15, 0.2) is 0 Å². The van der Waals surface area contributed by atoms with Crippen LogP contribution < -0.4 is 5.73 Å². The predicted molar refractivity (Wildman–Crippen MR) is 55.9 cm³/mol. The Labute approximate surface area is 85.7 Å². The van der Waals surface area contributed by atoms with Crippen LogP contribution in [-0.2, 0) is 14.6 Å². The Bertz CT molecular complexity index is 277. The molecule has 5 heteroatoms. The highest BCUT2D eigenvalue weighted by molar-refractivity contribution is 7.90. The van der Waals surface area contributed by atoms with Crippen molar-refractivity contribution in [2.75, 3.05) is 19.1 Å². The Morgan fingerprint density at radius 2 is 2.07 bits per heavy atom. The van der Waals surface area contributed by atoms with Crippen molar-refractivity contribution in [1.82, 2.24) is 0 Å². The summed E-state index contributed by atoms with van der Waals surface area (Å²) in [6, 6.07) is -0.157. The number of nitrogens with two attached hydrogens (primary N) is 1. The number of hydrogen-bond donors (Lipinski definition) is 1. The number of hydrogen-bond acceptors (Lipinski definition) is 4. The quantitative estimate of drug-likeness (QED) is 0.725. The summed E-state index contributed by atoms with van der Waals surface area (Å²) in [6.45, 7) is 0. The predicted octanol–water partition coefficient (Wildman–Crippen LogP) is 0.317. The van der Waals surface area contributed by atoms with Crippen molar-refractivity contribution in [2.45, 2.75) is 37.3 Å². The van der Waals surface area contributed by atoms with Gasteiger partial charge in [-0.15, -0.1) is 0 Å². The van der Waals surface area contributed by atoms with Crippen LogP contribution in [0.1, 0.15) is 25.7 Å². The number of methoxy groups -OCH3 is 1. The fourth-order valence-electron chi connectivity index (χ4n) is 1.86. The lowest BCUT2D eigenvalue weighted by Gasteiger charge is -2.45. The van der Waals surface area contributed by atoms with E-state index in [1.165, 1.54) is 6.26 Å². The molecular formula is C9H19NO3S. The van der Waals surface area contributed by atoms with Gasteiger partial charge in [0.1, 0.15) is 9.84 Å². The first-order valence-corrected chi connectivity index (χ1v) is 6.94. The van der Waals surface area contributed by atoms with Crippen LogP contribution in [0.15, 0.2) is 0 Å². The molecule has 1 unspecified atom stereocenters. The van der Waals surface area contributed by atoms with E-state index in [1.54, 1.807) is 7.11 Å². The maximum absolute atomic E-state index is 11.0. The van der Waals surface area contributed by atoms with Gasteiger partial charge >= 0.3 is 0 Å². The second kappa shape index (κ2) is 4.16. The first-order chi connectivity index (χ1) is 6.40. The molecule has 1 saturated carbocycles. The Morgan fingerprint density at radius 3 is 2.36 bits per heavy atom. The second-order valence-corrected chi connectivity index (χ2v) is 6.41. The second-order valence-electron chi connectivity index (χ2n) is 4.15. The van der Waals surface area contributed by atoms with Crippen molar-refractivity contribution in [3.63, 3.8) is 0 Å². The minimum absolute atomic E-state index is 0.152. The number of sulfone groups is 1. The van der Waals surface area contributed by atoms with Crippen LogP contribution in [0, 0.1) is 0 Å². The highest BCUT2D eigenvalue weighted by Crippen LogP contribution is 2.38. The molecule has 1 aliphatic rings. The molecule has 0 aliphatic heterocycles. The number of ether oxygens (including phenoxy) is 1. The summed E-state index contributed by atoms with van der Waals surface area (Å²) in [4.78, 5) is 0. The van der Waals surface area contributed by atoms with Gasteiger partial charge in [-0.2, -0.15) is 0 Å². The van der Waals surface area contributed by atoms with Crippen molar-refractivity contribution in [3.8, 4) is 0 Å². The summed E-state index contributed by atoms with van der Waals surface area (Å²) in [6.07, 6.45) is 4.76. The molecule has 0 amide bonds. The van der Waals surface area contributed by atoms with Crippen molar-refractivity contribution < 1.29 is 13.2 Å². The standard InChI is InChI=1S/C9H19NO3S/c1-13-9(5-3-6-9)8(10)4-7-14(2,11)12/h8H,3-7,10H2,1-2H3. The van der Waals surface area contributed by atoms with Crippen LogP contribution >= 0.6 is 0 Å². The molecule has 84 valence electrons. The van der Waals surface area contributed by atoms with E-state index in [9.17, 15) is 8.42 Å². The molecule has 0 heterocycles. The van der Waals surface area contributed by atoms with Gasteiger partial charge in [-0.3, -0.25) is 0 Å². The highest BCUT2D eigenvalue weighted by atomic mass is 32.2. The summed E-state index contributed by atoms with van der Waals surface area (Å²) in [5.74, 6) is 0.152. The molecule has 0 aromatic heterocycles. The zero-order valence-corrected chi connectivity index (χ0v) is 9.64. The van der Waals surface area contributed by atoms with Gasteiger partial charge in [0, 0.05) is 19.4 Å². The fraction of sp³-hybridized carbons (Fsp3) is 1.00. The van der Waals surface area contributed by atoms with Crippen LogP contribution in [0.5, 0.6) is 0 Å². The maximum Gasteiger partial charge on any atom is 0.147 e. The van der Waals surface area contributed by atoms with E-state index < -0.39 is 9.84 Å². The summed E-state index contributed by atoms with van der Waals surface area (Å²) < 4.78 is 27.3. The summed E-state index contributed by atoms with van der Waals surface area (Å²) in [5, 5.41) is 0. The van der Waals surface area contributed by atoms with Gasteiger partial charge in [0.05, 0.1) is 11.4 Å². The van der Waals surface area contributed by atoms with Crippen molar-refractivity contribution >= 4 is 9.84 Å². The lowest BCUT2D eigenvalue weighted by molar-refractivity contribution is -0.0902. The average Bonchev–Trinajstić information content (AvgIpc) is 1.98. The summed E-state index contributed by atoms with van der Waals surface area (Å²) in [5.41, 5.74) is 5.70. The third-order valence-electron chi connectivity index (χ3n) is 3.08. The van der Waals surface area contributed by atoms with Gasteiger partial charge in [-0.1, -0.05) is 0 Å². The molecule has 1 aliphatic carbocycles. The van der Waals surface area contributed by atoms with Gasteiger partial charge in [0.25, 0.3) is 0 Å². The van der Waals surface area contributed by atoms with Gasteiger partial charge in [-0.05, 0) is 25.7 Å². The van der Waals surface area contributed by atoms with Crippen molar-refractivity contribution in [3.05, 3.63) is 0 Å². The fourth-order valence-corrected chi connectivity index (χ4v) is 2.54. The molecule has 1 rings (SSSR count). The lowest BCUT2D eigenvalue weighted by Crippen LogP contribution is -2.54. The van der Waals surface area contributed by atoms with Gasteiger partial charge in [-0.25, -0.2) is 8.42 Å². The summed E-state index contributed by atoms with van der Waals surface area (Å²) >= 11 is 0. The van der Waals surface area contributed by atoms with Crippen LogP contribution in [0.2, 0.25) is 0 Å². The van der Waals surface area contributed by atoms with Crippen molar-refractivity contribution in [2.24, 2.45) is 5.73 Å². The van der Waals surface area contributed by atoms with Crippen LogP contribution in [-0.4, -0.2) is 39.2 Å². The Morgan fingerprint density at radius 1 is 1.50 bits per heavy atom. The molecule has 0 saturated heterocycles. The third kappa shape index (κ3) is 2.68. The number of rotatable bonds is 5. The van der Waals surface area contributed by atoms with E-state index in [0.717, 1.165) is 19.3 Å². The van der Waals surface area contributed by atoms with Crippen LogP contribution in [0.4, 0.5) is 0 Å². The lowest BCUT2D eigenvalue weighted by atomic mass is 9.74. The zero-order chi connectivity index (χ0) is 10.8. The third-order valence-corrected chi connectivity index (χ3v) is 4.06. The van der Waals surface area contributed by atoms with Gasteiger partial charge < -0.3 is 10.5 Å². The first-order valence-electron chi connectivity index (χ1n) is 4.88. The van der Waals surface area contributed by atoms with E-state index in [-0.39, 0.29) is 17.4 Å². The molecule has 0 aromatic carbocycles. The molecular weight excluding hydrogens is 202 g/mol. The molecule has 0 radical (unpaired) electrons. The molecule has 1 fully saturated rings. The van der Waals surface area contributed by atoms with Crippen LogP contribution in [0.25, 0.3) is 0 Å². The largest absolute Gasteiger partial charge is 0.377 e. The molecule has 4 nitrogen and oxygen atoms in total. The minimum Gasteiger partial charge on any atom is -0.377 e. The molecule has 14 heavy (non-hydrogen) atoms. The highest BCUT2D eigenvalue weighted by Gasteiger charge is 2.42. The monoisotopic (exact) mass is 221 g/mol. The molecule has 0 spiro atoms. The van der Waals surface area contributed by atoms with E-state index in [1.807, 2.05) is 0 Å². The van der Waals surface area contributed by atoms with E-state index >= 15 is 0 Å². The Hall–Kier alpha value is -0.130. The van der Waals surface area contributed by atoms with Crippen molar-refractivity contribution in [1.29, 1.82) is 0 Å². The Kier molecular flexibility index (Phi) is 3.55. The topological polar surface area (TPSA) is 69.4 Å². The van der Waals surface area contributed by atoms with E-state index in [4.69, 9.17) is 10.5 Å². The average molecular weight is 221 g/mol. The molecule has 2 N–H and O–H groups in total. The minimum atomic E-state index is -2.91. The smallest absolute Gasteiger partial charge is 0.147 e. The zero-order valence-electron chi connectivity index (χ0n) is 8.82. The molecule has 0 bridgehead atoms. The Balaban J connectivity index is 2.45. The molecule has 0 aromatic rings. The summed E-state index contributed by atoms with van der Waals surface area (Å²) in [7, 11) is -1.26. The first kappa shape index (κ1) is 11.9. The normalized spacial score (nSPS) is 22.8. The molecule has 1 atom stereocenters. The van der Waals surface area contributed by atoms with E-state index in [2.05, 4.69) is 0 Å². The van der Waals surface area contributed by atoms with E-state index in [0.29, 0.717) is 6.42 Å². The van der Waals surface area contributed by atoms with Crippen LogP contribution in [0.3, 0.4) is 0 Å².